The molecule has 1 aromatic carbocycles. The zero-order valence-electron chi connectivity index (χ0n) is 10.6. The van der Waals surface area contributed by atoms with E-state index < -0.39 is 35.6 Å². The van der Waals surface area contributed by atoms with Gasteiger partial charge in [0.25, 0.3) is 0 Å². The smallest absolute Gasteiger partial charge is 0.479 e. The van der Waals surface area contributed by atoms with E-state index in [2.05, 4.69) is 14.2 Å². The third kappa shape index (κ3) is 3.94. The molecule has 0 fully saturated rings. The summed E-state index contributed by atoms with van der Waals surface area (Å²) in [6.45, 7) is 1.13. The van der Waals surface area contributed by atoms with Crippen LogP contribution in [0.25, 0.3) is 0 Å². The maximum absolute atomic E-state index is 13.6. The molecule has 1 N–H and O–H groups in total. The Morgan fingerprint density at radius 2 is 1.95 bits per heavy atom. The Balaban J connectivity index is 2.85. The van der Waals surface area contributed by atoms with Crippen molar-refractivity contribution >= 4 is 18.1 Å². The van der Waals surface area contributed by atoms with Gasteiger partial charge in [-0.2, -0.15) is 0 Å². The van der Waals surface area contributed by atoms with Gasteiger partial charge < -0.3 is 19.3 Å². The monoisotopic (exact) mass is 286 g/mol. The molecule has 108 valence electrons. The summed E-state index contributed by atoms with van der Waals surface area (Å²) >= 11 is 0. The van der Waals surface area contributed by atoms with Crippen molar-refractivity contribution < 1.29 is 38.1 Å². The third-order valence-electron chi connectivity index (χ3n) is 2.16. The van der Waals surface area contributed by atoms with E-state index >= 15 is 0 Å². The molecule has 0 heterocycles. The minimum atomic E-state index is -1.41. The molecule has 1 aromatic rings. The first-order valence-corrected chi connectivity index (χ1v) is 5.34. The standard InChI is InChI=1S/C12H11FO7/c1-6(10(14)15)19-11(16)8-4-3-7(5-9(8)13)20-12(17)18-2/h3-6H,1-2H3,(H,14,15). The number of hydrogen-bond acceptors (Lipinski definition) is 6. The van der Waals surface area contributed by atoms with Crippen LogP contribution in [0, 0.1) is 5.82 Å². The van der Waals surface area contributed by atoms with Crippen LogP contribution in [0.2, 0.25) is 0 Å². The molecule has 1 unspecified atom stereocenters. The number of aliphatic carboxylic acids is 1. The highest BCUT2D eigenvalue weighted by Gasteiger charge is 2.21. The number of carbonyl (C=O) groups is 3. The molecule has 0 aliphatic heterocycles. The number of carboxylic acid groups (broad SMARTS) is 1. The lowest BCUT2D eigenvalue weighted by Crippen LogP contribution is -2.24. The predicted molar refractivity (Wildman–Crippen MR) is 61.9 cm³/mol. The highest BCUT2D eigenvalue weighted by atomic mass is 19.1. The van der Waals surface area contributed by atoms with Crippen molar-refractivity contribution in [3.8, 4) is 5.75 Å². The highest BCUT2D eigenvalue weighted by Crippen LogP contribution is 2.18. The first kappa shape index (κ1) is 15.4. The van der Waals surface area contributed by atoms with Gasteiger partial charge in [-0.05, 0) is 19.1 Å². The molecule has 8 heteroatoms. The highest BCUT2D eigenvalue weighted by molar-refractivity contribution is 5.91. The molecule has 0 aliphatic carbocycles. The van der Waals surface area contributed by atoms with Crippen molar-refractivity contribution in [1.29, 1.82) is 0 Å². The lowest BCUT2D eigenvalue weighted by atomic mass is 10.2. The minimum absolute atomic E-state index is 0.169. The summed E-state index contributed by atoms with van der Waals surface area (Å²) in [5.41, 5.74) is -0.477. The number of halogens is 1. The second kappa shape index (κ2) is 6.50. The van der Waals surface area contributed by atoms with Gasteiger partial charge in [0.2, 0.25) is 0 Å². The van der Waals surface area contributed by atoms with E-state index in [1.807, 2.05) is 0 Å². The van der Waals surface area contributed by atoms with Crippen LogP contribution in [0.1, 0.15) is 17.3 Å². The van der Waals surface area contributed by atoms with Gasteiger partial charge in [0, 0.05) is 6.07 Å². The molecule has 1 atom stereocenters. The average molecular weight is 286 g/mol. The van der Waals surface area contributed by atoms with Crippen molar-refractivity contribution in [2.24, 2.45) is 0 Å². The van der Waals surface area contributed by atoms with E-state index in [-0.39, 0.29) is 5.75 Å². The summed E-state index contributed by atoms with van der Waals surface area (Å²) in [6.07, 6.45) is -2.45. The Kier molecular flexibility index (Phi) is 5.01. The zero-order valence-corrected chi connectivity index (χ0v) is 10.6. The molecule has 0 amide bonds. The van der Waals surface area contributed by atoms with Gasteiger partial charge in [-0.3, -0.25) is 0 Å². The van der Waals surface area contributed by atoms with Crippen molar-refractivity contribution in [1.82, 2.24) is 0 Å². The summed E-state index contributed by atoms with van der Waals surface area (Å²) in [5.74, 6) is -3.68. The molecular weight excluding hydrogens is 275 g/mol. The van der Waals surface area contributed by atoms with E-state index in [0.29, 0.717) is 0 Å². The number of esters is 1. The van der Waals surface area contributed by atoms with Gasteiger partial charge in [-0.15, -0.1) is 0 Å². The Morgan fingerprint density at radius 1 is 1.30 bits per heavy atom. The topological polar surface area (TPSA) is 99.1 Å². The minimum Gasteiger partial charge on any atom is -0.479 e. The van der Waals surface area contributed by atoms with Crippen LogP contribution in [0.15, 0.2) is 18.2 Å². The molecular formula is C12H11FO7. The second-order valence-electron chi connectivity index (χ2n) is 3.58. The largest absolute Gasteiger partial charge is 0.513 e. The number of carboxylic acids is 1. The summed E-state index contributed by atoms with van der Waals surface area (Å²) in [6, 6.07) is 2.92. The number of ether oxygens (including phenoxy) is 3. The lowest BCUT2D eigenvalue weighted by molar-refractivity contribution is -0.146. The van der Waals surface area contributed by atoms with Gasteiger partial charge in [0.1, 0.15) is 11.6 Å². The van der Waals surface area contributed by atoms with Gasteiger partial charge in [0.15, 0.2) is 6.10 Å². The van der Waals surface area contributed by atoms with Crippen LogP contribution in [0.4, 0.5) is 9.18 Å². The van der Waals surface area contributed by atoms with Crippen LogP contribution >= 0.6 is 0 Å². The number of benzene rings is 1. The van der Waals surface area contributed by atoms with E-state index in [9.17, 15) is 18.8 Å². The molecule has 0 spiro atoms. The Morgan fingerprint density at radius 3 is 2.45 bits per heavy atom. The zero-order chi connectivity index (χ0) is 15.3. The fraction of sp³-hybridized carbons (Fsp3) is 0.250. The summed E-state index contributed by atoms with van der Waals surface area (Å²) in [4.78, 5) is 32.8. The second-order valence-corrected chi connectivity index (χ2v) is 3.58. The summed E-state index contributed by atoms with van der Waals surface area (Å²) in [7, 11) is 1.08. The molecule has 0 saturated heterocycles. The Hall–Kier alpha value is -2.64. The third-order valence-corrected chi connectivity index (χ3v) is 2.16. The molecule has 0 saturated carbocycles. The summed E-state index contributed by atoms with van der Waals surface area (Å²) in [5, 5.41) is 8.58. The molecule has 0 aliphatic rings. The first-order valence-electron chi connectivity index (χ1n) is 5.34. The van der Waals surface area contributed by atoms with E-state index in [4.69, 9.17) is 5.11 Å². The van der Waals surface area contributed by atoms with E-state index in [1.54, 1.807) is 0 Å². The molecule has 20 heavy (non-hydrogen) atoms. The SMILES string of the molecule is COC(=O)Oc1ccc(C(=O)OC(C)C(=O)O)c(F)c1. The van der Waals surface area contributed by atoms with Crippen molar-refractivity contribution in [2.45, 2.75) is 13.0 Å². The van der Waals surface area contributed by atoms with Crippen LogP contribution in [0.5, 0.6) is 5.75 Å². The quantitative estimate of drug-likeness (QED) is 0.662. The maximum atomic E-state index is 13.6. The number of carbonyl (C=O) groups excluding carboxylic acids is 2. The van der Waals surface area contributed by atoms with Crippen LogP contribution in [-0.4, -0.2) is 36.4 Å². The van der Waals surface area contributed by atoms with Crippen LogP contribution in [-0.2, 0) is 14.3 Å². The molecule has 7 nitrogen and oxygen atoms in total. The lowest BCUT2D eigenvalue weighted by Gasteiger charge is -2.09. The van der Waals surface area contributed by atoms with E-state index in [0.717, 1.165) is 32.2 Å². The van der Waals surface area contributed by atoms with Crippen molar-refractivity contribution in [3.05, 3.63) is 29.6 Å². The fourth-order valence-corrected chi connectivity index (χ4v) is 1.14. The predicted octanol–water partition coefficient (Wildman–Crippen LogP) is 1.60. The number of methoxy groups -OCH3 is 1. The van der Waals surface area contributed by atoms with Gasteiger partial charge in [0.05, 0.1) is 12.7 Å². The number of hydrogen-bond donors (Lipinski definition) is 1. The van der Waals surface area contributed by atoms with Crippen LogP contribution in [0.3, 0.4) is 0 Å². The number of rotatable bonds is 4. The normalized spacial score (nSPS) is 11.3. The molecule has 1 rings (SSSR count). The van der Waals surface area contributed by atoms with Gasteiger partial charge in [-0.25, -0.2) is 18.8 Å². The Labute approximate surface area is 112 Å². The first-order chi connectivity index (χ1) is 9.35. The fourth-order valence-electron chi connectivity index (χ4n) is 1.14. The average Bonchev–Trinajstić information content (AvgIpc) is 2.38. The van der Waals surface area contributed by atoms with Crippen LogP contribution < -0.4 is 4.74 Å². The molecule has 0 bridgehead atoms. The molecule has 0 radical (unpaired) electrons. The van der Waals surface area contributed by atoms with Gasteiger partial charge in [-0.1, -0.05) is 0 Å². The van der Waals surface area contributed by atoms with Crippen molar-refractivity contribution in [3.63, 3.8) is 0 Å². The van der Waals surface area contributed by atoms with E-state index in [1.165, 1.54) is 0 Å². The maximum Gasteiger partial charge on any atom is 0.513 e. The Bertz CT molecular complexity index is 541. The van der Waals surface area contributed by atoms with Gasteiger partial charge >= 0.3 is 18.1 Å². The molecule has 0 aromatic heterocycles. The van der Waals surface area contributed by atoms with Crippen molar-refractivity contribution in [2.75, 3.05) is 7.11 Å². The summed E-state index contributed by atoms with van der Waals surface area (Å²) < 4.78 is 26.9.